The van der Waals surface area contributed by atoms with Crippen LogP contribution in [0.15, 0.2) is 47.5 Å². The van der Waals surface area contributed by atoms with Gasteiger partial charge in [-0.15, -0.1) is 0 Å². The molecular weight excluding hydrogens is 426 g/mol. The number of benzene rings is 3. The van der Waals surface area contributed by atoms with E-state index >= 15 is 0 Å². The average Bonchev–Trinajstić information content (AvgIpc) is 2.63. The standard InChI is InChI=1S/C24H19F4NOS/c1-13-7-15(3)22(16(4)8-13)17-5-6-19(14(2)9-17)24(27,28)30-18-10-20(25)23(29-12-31)21(26)11-18/h5-11H,1-4H3. The predicted molar refractivity (Wildman–Crippen MR) is 116 cm³/mol. The number of halogens is 4. The number of nitrogens with zero attached hydrogens (tertiary/aromatic N) is 1. The molecule has 2 nitrogen and oxygen atoms in total. The third-order valence-electron chi connectivity index (χ3n) is 4.90. The van der Waals surface area contributed by atoms with Crippen molar-refractivity contribution in [2.24, 2.45) is 4.99 Å². The minimum atomic E-state index is -3.81. The summed E-state index contributed by atoms with van der Waals surface area (Å²) < 4.78 is 62.3. The summed E-state index contributed by atoms with van der Waals surface area (Å²) in [4.78, 5) is 3.25. The lowest BCUT2D eigenvalue weighted by Gasteiger charge is -2.21. The number of alkyl halides is 2. The molecule has 0 aliphatic rings. The second kappa shape index (κ2) is 8.61. The predicted octanol–water partition coefficient (Wildman–Crippen LogP) is 7.73. The Labute approximate surface area is 183 Å². The van der Waals surface area contributed by atoms with E-state index in [2.05, 4.69) is 21.9 Å². The van der Waals surface area contributed by atoms with E-state index in [1.807, 2.05) is 38.1 Å². The molecule has 0 aliphatic heterocycles. The molecule has 31 heavy (non-hydrogen) atoms. The van der Waals surface area contributed by atoms with Crippen LogP contribution in [0.1, 0.15) is 27.8 Å². The van der Waals surface area contributed by atoms with E-state index in [-0.39, 0.29) is 5.56 Å². The zero-order valence-corrected chi connectivity index (χ0v) is 18.1. The van der Waals surface area contributed by atoms with Gasteiger partial charge in [-0.05, 0) is 73.8 Å². The zero-order chi connectivity index (χ0) is 22.9. The summed E-state index contributed by atoms with van der Waals surface area (Å²) in [6.07, 6.45) is -3.81. The smallest absolute Gasteiger partial charge is 0.426 e. The van der Waals surface area contributed by atoms with Crippen LogP contribution >= 0.6 is 12.2 Å². The minimum Gasteiger partial charge on any atom is -0.429 e. The average molecular weight is 445 g/mol. The van der Waals surface area contributed by atoms with Gasteiger partial charge in [0.15, 0.2) is 11.6 Å². The van der Waals surface area contributed by atoms with Crippen LogP contribution in [0.2, 0.25) is 0 Å². The molecule has 0 heterocycles. The van der Waals surface area contributed by atoms with Crippen molar-refractivity contribution in [2.45, 2.75) is 33.8 Å². The van der Waals surface area contributed by atoms with Gasteiger partial charge in [0.25, 0.3) is 0 Å². The summed E-state index contributed by atoms with van der Waals surface area (Å²) in [5.41, 5.74) is 4.14. The molecule has 160 valence electrons. The van der Waals surface area contributed by atoms with Gasteiger partial charge in [-0.2, -0.15) is 13.8 Å². The highest BCUT2D eigenvalue weighted by atomic mass is 32.1. The van der Waals surface area contributed by atoms with E-state index in [0.717, 1.165) is 27.8 Å². The normalized spacial score (nSPS) is 11.2. The van der Waals surface area contributed by atoms with Gasteiger partial charge >= 0.3 is 6.11 Å². The molecule has 0 N–H and O–H groups in total. The fourth-order valence-electron chi connectivity index (χ4n) is 3.74. The maximum Gasteiger partial charge on any atom is 0.426 e. The fraction of sp³-hybridized carbons (Fsp3) is 0.208. The van der Waals surface area contributed by atoms with Gasteiger partial charge in [-0.1, -0.05) is 29.8 Å². The van der Waals surface area contributed by atoms with Crippen LogP contribution in [0, 0.1) is 39.3 Å². The molecular formula is C24H19F4NOS. The number of thiocarbonyl (C=S) groups is 1. The Balaban J connectivity index is 1.97. The first-order valence-corrected chi connectivity index (χ1v) is 9.77. The summed E-state index contributed by atoms with van der Waals surface area (Å²) in [6.45, 7) is 7.47. The van der Waals surface area contributed by atoms with E-state index < -0.39 is 34.7 Å². The molecule has 7 heteroatoms. The number of aliphatic imine (C=N–C) groups is 1. The topological polar surface area (TPSA) is 21.6 Å². The van der Waals surface area contributed by atoms with Crippen molar-refractivity contribution >= 4 is 23.1 Å². The number of ether oxygens (including phenoxy) is 1. The van der Waals surface area contributed by atoms with Crippen LogP contribution in [0.25, 0.3) is 11.1 Å². The molecule has 0 atom stereocenters. The van der Waals surface area contributed by atoms with Gasteiger partial charge in [0, 0.05) is 12.1 Å². The number of hydrogen-bond acceptors (Lipinski definition) is 3. The largest absolute Gasteiger partial charge is 0.429 e. The van der Waals surface area contributed by atoms with Crippen LogP contribution < -0.4 is 4.74 Å². The minimum absolute atomic E-state index is 0.282. The second-order valence-electron chi connectivity index (χ2n) is 7.36. The summed E-state index contributed by atoms with van der Waals surface area (Å²) in [5, 5.41) is 1.84. The highest BCUT2D eigenvalue weighted by molar-refractivity contribution is 7.78. The van der Waals surface area contributed by atoms with E-state index in [1.54, 1.807) is 12.1 Å². The van der Waals surface area contributed by atoms with Crippen molar-refractivity contribution in [2.75, 3.05) is 0 Å². The molecule has 0 saturated heterocycles. The van der Waals surface area contributed by atoms with Crippen LogP contribution in [0.4, 0.5) is 23.2 Å². The third-order valence-corrected chi connectivity index (χ3v) is 4.99. The molecule has 0 bridgehead atoms. The Morgan fingerprint density at radius 1 is 0.871 bits per heavy atom. The van der Waals surface area contributed by atoms with Crippen molar-refractivity contribution in [3.05, 3.63) is 81.9 Å². The number of hydrogen-bond donors (Lipinski definition) is 0. The van der Waals surface area contributed by atoms with E-state index in [9.17, 15) is 17.6 Å². The first-order chi connectivity index (χ1) is 14.5. The molecule has 0 spiro atoms. The fourth-order valence-corrected chi connectivity index (χ4v) is 3.83. The van der Waals surface area contributed by atoms with Crippen LogP contribution in [0.5, 0.6) is 5.75 Å². The Kier molecular flexibility index (Phi) is 6.30. The molecule has 0 amide bonds. The van der Waals surface area contributed by atoms with Crippen molar-refractivity contribution in [1.29, 1.82) is 0 Å². The van der Waals surface area contributed by atoms with Crippen LogP contribution in [0.3, 0.4) is 0 Å². The van der Waals surface area contributed by atoms with Crippen molar-refractivity contribution in [3.63, 3.8) is 0 Å². The van der Waals surface area contributed by atoms with Crippen molar-refractivity contribution in [1.82, 2.24) is 0 Å². The van der Waals surface area contributed by atoms with Gasteiger partial charge in [0.05, 0.1) is 10.7 Å². The third kappa shape index (κ3) is 4.68. The maximum atomic E-state index is 14.8. The molecule has 0 radical (unpaired) electrons. The lowest BCUT2D eigenvalue weighted by atomic mass is 9.92. The van der Waals surface area contributed by atoms with E-state index in [1.165, 1.54) is 13.0 Å². The zero-order valence-electron chi connectivity index (χ0n) is 17.3. The summed E-state index contributed by atoms with van der Waals surface area (Å²) in [7, 11) is 0. The number of aryl methyl sites for hydroxylation is 4. The Morgan fingerprint density at radius 3 is 1.97 bits per heavy atom. The van der Waals surface area contributed by atoms with E-state index in [4.69, 9.17) is 0 Å². The molecule has 3 rings (SSSR count). The molecule has 3 aromatic rings. The summed E-state index contributed by atoms with van der Waals surface area (Å²) >= 11 is 4.32. The van der Waals surface area contributed by atoms with Crippen LogP contribution in [-0.4, -0.2) is 5.16 Å². The Morgan fingerprint density at radius 2 is 1.45 bits per heavy atom. The van der Waals surface area contributed by atoms with E-state index in [0.29, 0.717) is 12.1 Å². The lowest BCUT2D eigenvalue weighted by molar-refractivity contribution is -0.186. The summed E-state index contributed by atoms with van der Waals surface area (Å²) in [6, 6.07) is 9.82. The van der Waals surface area contributed by atoms with Gasteiger partial charge < -0.3 is 4.74 Å². The Hall–Kier alpha value is -3.02. The first-order valence-electron chi connectivity index (χ1n) is 9.36. The van der Waals surface area contributed by atoms with Gasteiger partial charge in [-0.3, -0.25) is 0 Å². The molecule has 0 saturated carbocycles. The molecule has 0 aliphatic carbocycles. The van der Waals surface area contributed by atoms with Crippen molar-refractivity contribution < 1.29 is 22.3 Å². The van der Waals surface area contributed by atoms with Crippen LogP contribution in [-0.2, 0) is 6.11 Å². The first kappa shape index (κ1) is 22.7. The molecule has 3 aromatic carbocycles. The highest BCUT2D eigenvalue weighted by Crippen LogP contribution is 2.38. The maximum absolute atomic E-state index is 14.8. The second-order valence-corrected chi connectivity index (χ2v) is 7.54. The lowest BCUT2D eigenvalue weighted by Crippen LogP contribution is -2.23. The van der Waals surface area contributed by atoms with Gasteiger partial charge in [0.1, 0.15) is 11.4 Å². The molecule has 0 aromatic heterocycles. The SMILES string of the molecule is Cc1cc(C)c(-c2ccc(C(F)(F)Oc3cc(F)c(N=C=S)c(F)c3)c(C)c2)c(C)c1. The van der Waals surface area contributed by atoms with Gasteiger partial charge in [-0.25, -0.2) is 8.78 Å². The summed E-state index contributed by atoms with van der Waals surface area (Å²) in [5.74, 6) is -3.03. The monoisotopic (exact) mass is 445 g/mol. The molecule has 0 fully saturated rings. The van der Waals surface area contributed by atoms with Crippen molar-refractivity contribution in [3.8, 4) is 16.9 Å². The quantitative estimate of drug-likeness (QED) is 0.228. The molecule has 0 unspecified atom stereocenters. The number of rotatable bonds is 5. The highest BCUT2D eigenvalue weighted by Gasteiger charge is 2.36. The Bertz CT molecular complexity index is 1170. The number of isothiocyanates is 1. The van der Waals surface area contributed by atoms with Gasteiger partial charge in [0.2, 0.25) is 0 Å².